The van der Waals surface area contributed by atoms with E-state index in [1.807, 2.05) is 25.1 Å². The van der Waals surface area contributed by atoms with Crippen LogP contribution in [0.1, 0.15) is 33.4 Å². The monoisotopic (exact) mass is 434 g/mol. The van der Waals surface area contributed by atoms with Crippen molar-refractivity contribution in [1.82, 2.24) is 25.4 Å². The van der Waals surface area contributed by atoms with Gasteiger partial charge in [-0.25, -0.2) is 14.2 Å². The Morgan fingerprint density at radius 2 is 2.20 bits per heavy atom. The van der Waals surface area contributed by atoms with E-state index in [0.29, 0.717) is 5.82 Å². The summed E-state index contributed by atoms with van der Waals surface area (Å²) in [7, 11) is 0. The molecule has 30 heavy (non-hydrogen) atoms. The number of carbonyl (C=O) groups excluding carboxylic acids is 1. The Kier molecular flexibility index (Phi) is 4.12. The van der Waals surface area contributed by atoms with Gasteiger partial charge in [-0.05, 0) is 30.9 Å². The van der Waals surface area contributed by atoms with Gasteiger partial charge in [0.05, 0.1) is 6.54 Å². The molecule has 1 aromatic carbocycles. The standard InChI is InChI=1S/C21H25FN6OS/c1-12(2)24-18-6-7-28(11-17(18)22)21(29)25-19-9-16-8-14(4-5-15(16)10-23-19)20-27-26-13(3)30-20/h4-5,8-10,12,17-18,24H,6-7,11H2,1-3H3,(H,23,25,29)/t17-,18-/m0/s1/i1D3,2D3. The molecule has 4 rings (SSSR count). The van der Waals surface area contributed by atoms with E-state index < -0.39 is 38.0 Å². The van der Waals surface area contributed by atoms with Gasteiger partial charge in [0, 0.05) is 44.0 Å². The van der Waals surface area contributed by atoms with E-state index in [1.165, 1.54) is 16.2 Å². The molecule has 7 nitrogen and oxygen atoms in total. The number of amides is 2. The van der Waals surface area contributed by atoms with E-state index in [1.54, 1.807) is 12.3 Å². The highest BCUT2D eigenvalue weighted by Crippen LogP contribution is 2.27. The highest BCUT2D eigenvalue weighted by atomic mass is 32.1. The van der Waals surface area contributed by atoms with Crippen LogP contribution >= 0.6 is 11.3 Å². The number of pyridine rings is 1. The minimum Gasteiger partial charge on any atom is -0.321 e. The first-order chi connectivity index (χ1) is 16.8. The van der Waals surface area contributed by atoms with Crippen molar-refractivity contribution in [2.24, 2.45) is 0 Å². The number of aryl methyl sites for hydroxylation is 1. The van der Waals surface area contributed by atoms with Gasteiger partial charge in [-0.15, -0.1) is 10.2 Å². The van der Waals surface area contributed by atoms with Crippen LogP contribution in [0.3, 0.4) is 0 Å². The van der Waals surface area contributed by atoms with Crippen molar-refractivity contribution in [3.63, 3.8) is 0 Å². The number of aromatic nitrogens is 3. The number of hydrogen-bond donors (Lipinski definition) is 2. The minimum absolute atomic E-state index is 0.0625. The SMILES string of the molecule is [2H]C([2H])([2H])C(N[C@H]1CCN(C(=O)Nc2cc3cc(-c4nnc(C)s4)ccc3cn2)C[C@@H]1F)C([2H])([2H])[2H]. The quantitative estimate of drug-likeness (QED) is 0.648. The van der Waals surface area contributed by atoms with Crippen molar-refractivity contribution in [3.05, 3.63) is 35.5 Å². The van der Waals surface area contributed by atoms with Crippen LogP contribution in [0.15, 0.2) is 30.5 Å². The summed E-state index contributed by atoms with van der Waals surface area (Å²) in [4.78, 5) is 18.3. The van der Waals surface area contributed by atoms with Gasteiger partial charge < -0.3 is 10.2 Å². The number of anilines is 1. The van der Waals surface area contributed by atoms with Gasteiger partial charge in [-0.2, -0.15) is 0 Å². The molecule has 0 spiro atoms. The molecule has 3 aromatic rings. The van der Waals surface area contributed by atoms with Gasteiger partial charge in [0.2, 0.25) is 0 Å². The normalized spacial score (nSPS) is 23.2. The molecular weight excluding hydrogens is 403 g/mol. The second-order valence-electron chi connectivity index (χ2n) is 7.14. The molecule has 1 aliphatic rings. The van der Waals surface area contributed by atoms with Crippen LogP contribution in [0, 0.1) is 6.92 Å². The molecule has 0 bridgehead atoms. The Labute approximate surface area is 187 Å². The first-order valence-corrected chi connectivity index (χ1v) is 10.3. The Morgan fingerprint density at radius 3 is 2.93 bits per heavy atom. The van der Waals surface area contributed by atoms with Crippen LogP contribution < -0.4 is 10.6 Å². The van der Waals surface area contributed by atoms with Gasteiger partial charge in [-0.1, -0.05) is 37.2 Å². The predicted octanol–water partition coefficient (Wildman–Crippen LogP) is 4.00. The number of rotatable bonds is 4. The number of carbonyl (C=O) groups is 1. The fraction of sp³-hybridized carbons (Fsp3) is 0.429. The van der Waals surface area contributed by atoms with Crippen LogP contribution in [-0.4, -0.2) is 57.5 Å². The maximum atomic E-state index is 14.9. The summed E-state index contributed by atoms with van der Waals surface area (Å²) in [5.74, 6) is 0.290. The summed E-state index contributed by atoms with van der Waals surface area (Å²) in [5, 5.41) is 16.7. The van der Waals surface area contributed by atoms with Crippen LogP contribution in [0.5, 0.6) is 0 Å². The van der Waals surface area contributed by atoms with Crippen molar-refractivity contribution in [1.29, 1.82) is 0 Å². The number of halogens is 1. The molecule has 0 aliphatic carbocycles. The summed E-state index contributed by atoms with van der Waals surface area (Å²) in [6.45, 7) is -3.97. The van der Waals surface area contributed by atoms with E-state index in [-0.39, 0.29) is 19.5 Å². The number of nitrogens with zero attached hydrogens (tertiary/aromatic N) is 4. The Bertz CT molecular complexity index is 1240. The molecular formula is C21H25FN6OS. The average Bonchev–Trinajstić information content (AvgIpc) is 3.22. The largest absolute Gasteiger partial charge is 0.323 e. The predicted molar refractivity (Wildman–Crippen MR) is 118 cm³/mol. The zero-order valence-electron chi connectivity index (χ0n) is 22.2. The van der Waals surface area contributed by atoms with E-state index in [0.717, 1.165) is 26.4 Å². The minimum atomic E-state index is -2.82. The number of hydrogen-bond acceptors (Lipinski definition) is 6. The lowest BCUT2D eigenvalue weighted by atomic mass is 10.0. The summed E-state index contributed by atoms with van der Waals surface area (Å²) in [5.41, 5.74) is 0.888. The second-order valence-corrected chi connectivity index (χ2v) is 8.33. The summed E-state index contributed by atoms with van der Waals surface area (Å²) in [6, 6.07) is 4.05. The molecule has 2 aromatic heterocycles. The third-order valence-corrected chi connectivity index (χ3v) is 5.83. The molecule has 0 unspecified atom stereocenters. The van der Waals surface area contributed by atoms with Crippen molar-refractivity contribution in [2.45, 2.75) is 45.3 Å². The topological polar surface area (TPSA) is 83.0 Å². The van der Waals surface area contributed by atoms with Gasteiger partial charge >= 0.3 is 6.03 Å². The zero-order valence-corrected chi connectivity index (χ0v) is 17.0. The van der Waals surface area contributed by atoms with Crippen LogP contribution in [-0.2, 0) is 0 Å². The van der Waals surface area contributed by atoms with Crippen LogP contribution in [0.25, 0.3) is 21.3 Å². The number of nitrogens with one attached hydrogen (secondary N) is 2. The fourth-order valence-electron chi connectivity index (χ4n) is 3.44. The van der Waals surface area contributed by atoms with Crippen molar-refractivity contribution in [3.8, 4) is 10.6 Å². The van der Waals surface area contributed by atoms with Gasteiger partial charge in [0.1, 0.15) is 22.0 Å². The highest BCUT2D eigenvalue weighted by molar-refractivity contribution is 7.14. The smallest absolute Gasteiger partial charge is 0.321 e. The zero-order chi connectivity index (χ0) is 26.3. The summed E-state index contributed by atoms with van der Waals surface area (Å²) in [6.07, 6.45) is 0.0459. The molecule has 1 aliphatic heterocycles. The van der Waals surface area contributed by atoms with Crippen molar-refractivity contribution < 1.29 is 17.4 Å². The summed E-state index contributed by atoms with van der Waals surface area (Å²) < 4.78 is 59.8. The number of fused-ring (bicyclic) bond motifs is 1. The third kappa shape index (κ3) is 4.57. The first-order valence-electron chi connectivity index (χ1n) is 12.5. The molecule has 9 heteroatoms. The van der Waals surface area contributed by atoms with Gasteiger partial charge in [-0.3, -0.25) is 5.32 Å². The van der Waals surface area contributed by atoms with Crippen LogP contribution in [0.4, 0.5) is 15.0 Å². The molecule has 1 saturated heterocycles. The first kappa shape index (κ1) is 14.4. The Balaban J connectivity index is 1.41. The molecule has 1 fully saturated rings. The molecule has 0 radical (unpaired) electrons. The molecule has 2 atom stereocenters. The maximum Gasteiger partial charge on any atom is 0.323 e. The third-order valence-electron chi connectivity index (χ3n) is 4.94. The Morgan fingerprint density at radius 1 is 1.33 bits per heavy atom. The number of urea groups is 1. The van der Waals surface area contributed by atoms with Crippen molar-refractivity contribution in [2.75, 3.05) is 18.4 Å². The fourth-order valence-corrected chi connectivity index (χ4v) is 4.12. The van der Waals surface area contributed by atoms with Crippen molar-refractivity contribution >= 4 is 34.0 Å². The molecule has 158 valence electrons. The highest BCUT2D eigenvalue weighted by Gasteiger charge is 2.31. The van der Waals surface area contributed by atoms with E-state index in [4.69, 9.17) is 8.22 Å². The van der Waals surface area contributed by atoms with Gasteiger partial charge in [0.15, 0.2) is 0 Å². The van der Waals surface area contributed by atoms with E-state index in [2.05, 4.69) is 25.8 Å². The van der Waals surface area contributed by atoms with E-state index in [9.17, 15) is 9.18 Å². The lowest BCUT2D eigenvalue weighted by Gasteiger charge is -2.35. The second kappa shape index (κ2) is 8.61. The average molecular weight is 435 g/mol. The lowest BCUT2D eigenvalue weighted by molar-refractivity contribution is 0.119. The number of alkyl halides is 1. The van der Waals surface area contributed by atoms with Gasteiger partial charge in [0.25, 0.3) is 0 Å². The number of piperidine rings is 1. The number of likely N-dealkylation sites (tertiary alicyclic amines) is 1. The molecule has 0 saturated carbocycles. The van der Waals surface area contributed by atoms with Crippen LogP contribution in [0.2, 0.25) is 0 Å². The molecule has 2 N–H and O–H groups in total. The Hall–Kier alpha value is -2.65. The summed E-state index contributed by atoms with van der Waals surface area (Å²) >= 11 is 1.47. The molecule has 3 heterocycles. The molecule has 2 amide bonds. The maximum absolute atomic E-state index is 14.9. The van der Waals surface area contributed by atoms with E-state index >= 15 is 0 Å². The number of benzene rings is 1. The lowest BCUT2D eigenvalue weighted by Crippen LogP contribution is -2.54.